The molecule has 1 amide bonds. The van der Waals surface area contributed by atoms with E-state index in [4.69, 9.17) is 4.74 Å². The van der Waals surface area contributed by atoms with Gasteiger partial charge >= 0.3 is 12.1 Å². The standard InChI is InChI=1S/C18H21F5N2O3/c1-3-28-17(27)15(25-11(2)26)8-7-12(9-24-10-18(21,22)23)13-5-4-6-14(19)16(13)20/h4-7,15,24H,3,8-10H2,1-2H3,(H,25,26)/b12-7+. The number of rotatable bonds is 9. The number of hydrogen-bond donors (Lipinski definition) is 2. The minimum absolute atomic E-state index is 0.000834. The van der Waals surface area contributed by atoms with Gasteiger partial charge in [-0.05, 0) is 25.0 Å². The predicted molar refractivity (Wildman–Crippen MR) is 92.1 cm³/mol. The van der Waals surface area contributed by atoms with Crippen molar-refractivity contribution in [1.29, 1.82) is 0 Å². The Hall–Kier alpha value is -2.49. The van der Waals surface area contributed by atoms with Crippen molar-refractivity contribution in [3.63, 3.8) is 0 Å². The normalized spacial score (nSPS) is 13.2. The molecule has 1 aromatic carbocycles. The van der Waals surface area contributed by atoms with Gasteiger partial charge in [-0.3, -0.25) is 4.79 Å². The lowest BCUT2D eigenvalue weighted by atomic mass is 10.0. The fourth-order valence-electron chi connectivity index (χ4n) is 2.33. The monoisotopic (exact) mass is 408 g/mol. The van der Waals surface area contributed by atoms with Crippen LogP contribution in [0.4, 0.5) is 22.0 Å². The van der Waals surface area contributed by atoms with Gasteiger partial charge in [0.2, 0.25) is 5.91 Å². The maximum atomic E-state index is 14.1. The molecule has 0 saturated heterocycles. The first kappa shape index (κ1) is 23.5. The lowest BCUT2D eigenvalue weighted by Crippen LogP contribution is -2.40. The minimum atomic E-state index is -4.49. The second-order valence-electron chi connectivity index (χ2n) is 5.79. The summed E-state index contributed by atoms with van der Waals surface area (Å²) in [6, 6.07) is 2.17. The molecule has 0 aromatic heterocycles. The highest BCUT2D eigenvalue weighted by molar-refractivity contribution is 5.83. The summed E-state index contributed by atoms with van der Waals surface area (Å²) in [4.78, 5) is 23.2. The number of ether oxygens (including phenoxy) is 1. The molecule has 10 heteroatoms. The average Bonchev–Trinajstić information content (AvgIpc) is 2.58. The Morgan fingerprint density at radius 2 is 1.93 bits per heavy atom. The van der Waals surface area contributed by atoms with Crippen LogP contribution in [0.5, 0.6) is 0 Å². The van der Waals surface area contributed by atoms with Crippen molar-refractivity contribution in [1.82, 2.24) is 10.6 Å². The van der Waals surface area contributed by atoms with Crippen LogP contribution < -0.4 is 10.6 Å². The van der Waals surface area contributed by atoms with Gasteiger partial charge in [-0.2, -0.15) is 13.2 Å². The Morgan fingerprint density at radius 3 is 2.50 bits per heavy atom. The van der Waals surface area contributed by atoms with Gasteiger partial charge in [0.05, 0.1) is 13.2 Å². The molecule has 0 aliphatic carbocycles. The highest BCUT2D eigenvalue weighted by atomic mass is 19.4. The lowest BCUT2D eigenvalue weighted by Gasteiger charge is -2.17. The summed E-state index contributed by atoms with van der Waals surface area (Å²) >= 11 is 0. The van der Waals surface area contributed by atoms with Crippen LogP contribution in [-0.4, -0.2) is 43.8 Å². The van der Waals surface area contributed by atoms with E-state index in [9.17, 15) is 31.5 Å². The molecule has 156 valence electrons. The molecule has 2 N–H and O–H groups in total. The molecular weight excluding hydrogens is 387 g/mol. The molecule has 0 aliphatic heterocycles. The summed E-state index contributed by atoms with van der Waals surface area (Å²) in [6.07, 6.45) is -3.41. The molecule has 28 heavy (non-hydrogen) atoms. The van der Waals surface area contributed by atoms with Crippen molar-refractivity contribution in [2.75, 3.05) is 19.7 Å². The number of esters is 1. The van der Waals surface area contributed by atoms with Gasteiger partial charge in [-0.1, -0.05) is 18.2 Å². The van der Waals surface area contributed by atoms with Gasteiger partial charge in [0, 0.05) is 19.0 Å². The third-order valence-electron chi connectivity index (χ3n) is 3.49. The molecule has 0 aliphatic rings. The number of nitrogens with one attached hydrogen (secondary N) is 2. The maximum absolute atomic E-state index is 14.1. The fraction of sp³-hybridized carbons (Fsp3) is 0.444. The molecule has 0 fully saturated rings. The van der Waals surface area contributed by atoms with Crippen LogP contribution in [0, 0.1) is 11.6 Å². The summed E-state index contributed by atoms with van der Waals surface area (Å²) in [5.41, 5.74) is -0.249. The van der Waals surface area contributed by atoms with E-state index in [1.54, 1.807) is 6.92 Å². The Labute approximate surface area is 158 Å². The summed E-state index contributed by atoms with van der Waals surface area (Å²) in [5, 5.41) is 4.45. The van der Waals surface area contributed by atoms with Crippen LogP contribution in [-0.2, 0) is 14.3 Å². The van der Waals surface area contributed by atoms with Gasteiger partial charge in [-0.15, -0.1) is 0 Å². The van der Waals surface area contributed by atoms with Crippen LogP contribution >= 0.6 is 0 Å². The zero-order chi connectivity index (χ0) is 21.3. The van der Waals surface area contributed by atoms with E-state index in [0.717, 1.165) is 6.07 Å². The van der Waals surface area contributed by atoms with Crippen molar-refractivity contribution in [2.45, 2.75) is 32.5 Å². The van der Waals surface area contributed by atoms with Crippen molar-refractivity contribution < 1.29 is 36.3 Å². The second-order valence-corrected chi connectivity index (χ2v) is 5.79. The molecule has 1 rings (SSSR count). The minimum Gasteiger partial charge on any atom is -0.464 e. The first-order valence-corrected chi connectivity index (χ1v) is 8.39. The van der Waals surface area contributed by atoms with Crippen molar-refractivity contribution >= 4 is 17.4 Å². The smallest absolute Gasteiger partial charge is 0.401 e. The van der Waals surface area contributed by atoms with Crippen LogP contribution in [0.15, 0.2) is 24.3 Å². The maximum Gasteiger partial charge on any atom is 0.401 e. The van der Waals surface area contributed by atoms with Crippen LogP contribution in [0.3, 0.4) is 0 Å². The molecule has 0 bridgehead atoms. The van der Waals surface area contributed by atoms with E-state index >= 15 is 0 Å². The molecular formula is C18H21F5N2O3. The van der Waals surface area contributed by atoms with Crippen molar-refractivity contribution in [2.24, 2.45) is 0 Å². The number of alkyl halides is 3. The summed E-state index contributed by atoms with van der Waals surface area (Å²) < 4.78 is 69.6. The van der Waals surface area contributed by atoms with Gasteiger partial charge in [0.1, 0.15) is 6.04 Å². The number of carbonyl (C=O) groups is 2. The molecule has 1 aromatic rings. The lowest BCUT2D eigenvalue weighted by molar-refractivity contribution is -0.147. The highest BCUT2D eigenvalue weighted by Crippen LogP contribution is 2.22. The average molecular weight is 408 g/mol. The molecule has 0 spiro atoms. The Bertz CT molecular complexity index is 720. The van der Waals surface area contributed by atoms with E-state index in [0.29, 0.717) is 0 Å². The van der Waals surface area contributed by atoms with E-state index in [2.05, 4.69) is 10.6 Å². The summed E-state index contributed by atoms with van der Waals surface area (Å²) in [7, 11) is 0. The largest absolute Gasteiger partial charge is 0.464 e. The number of halogens is 5. The molecule has 1 unspecified atom stereocenters. The Kier molecular flexibility index (Phi) is 9.04. The topological polar surface area (TPSA) is 67.4 Å². The number of amides is 1. The highest BCUT2D eigenvalue weighted by Gasteiger charge is 2.27. The van der Waals surface area contributed by atoms with Gasteiger partial charge in [-0.25, -0.2) is 13.6 Å². The zero-order valence-electron chi connectivity index (χ0n) is 15.3. The number of carbonyl (C=O) groups excluding carboxylic acids is 2. The van der Waals surface area contributed by atoms with Gasteiger partial charge < -0.3 is 15.4 Å². The van der Waals surface area contributed by atoms with Crippen molar-refractivity contribution in [3.05, 3.63) is 41.5 Å². The second kappa shape index (κ2) is 10.7. The van der Waals surface area contributed by atoms with Crippen LogP contribution in [0.25, 0.3) is 5.57 Å². The Balaban J connectivity index is 3.11. The number of hydrogen-bond acceptors (Lipinski definition) is 4. The SMILES string of the molecule is CCOC(=O)C(C/C=C(\CNCC(F)(F)F)c1cccc(F)c1F)NC(C)=O. The van der Waals surface area contributed by atoms with Gasteiger partial charge in [0.25, 0.3) is 0 Å². The van der Waals surface area contributed by atoms with Crippen LogP contribution in [0.1, 0.15) is 25.8 Å². The molecule has 0 saturated carbocycles. The Morgan fingerprint density at radius 1 is 1.25 bits per heavy atom. The van der Waals surface area contributed by atoms with Gasteiger partial charge in [0.15, 0.2) is 11.6 Å². The van der Waals surface area contributed by atoms with Crippen molar-refractivity contribution in [3.8, 4) is 0 Å². The molecule has 0 radical (unpaired) electrons. The summed E-state index contributed by atoms with van der Waals surface area (Å²) in [5.74, 6) is -3.67. The summed E-state index contributed by atoms with van der Waals surface area (Å²) in [6.45, 7) is 1.02. The molecule has 1 atom stereocenters. The fourth-order valence-corrected chi connectivity index (χ4v) is 2.33. The third kappa shape index (κ3) is 8.03. The molecule has 5 nitrogen and oxygen atoms in total. The van der Waals surface area contributed by atoms with E-state index in [1.807, 2.05) is 0 Å². The quantitative estimate of drug-likeness (QED) is 0.487. The first-order valence-electron chi connectivity index (χ1n) is 8.39. The van der Waals surface area contributed by atoms with Crippen LogP contribution in [0.2, 0.25) is 0 Å². The third-order valence-corrected chi connectivity index (χ3v) is 3.49. The predicted octanol–water partition coefficient (Wildman–Crippen LogP) is 2.96. The van der Waals surface area contributed by atoms with E-state index in [-0.39, 0.29) is 24.2 Å². The number of benzene rings is 1. The van der Waals surface area contributed by atoms with E-state index < -0.39 is 48.8 Å². The first-order chi connectivity index (χ1) is 13.0. The molecule has 0 heterocycles. The zero-order valence-corrected chi connectivity index (χ0v) is 15.3. The van der Waals surface area contributed by atoms with E-state index in [1.165, 1.54) is 25.1 Å².